The van der Waals surface area contributed by atoms with Crippen molar-refractivity contribution in [2.75, 3.05) is 43.8 Å². The molecule has 0 spiro atoms. The second-order valence-electron chi connectivity index (χ2n) is 11.6. The van der Waals surface area contributed by atoms with Crippen LogP contribution in [0.25, 0.3) is 0 Å². The highest BCUT2D eigenvalue weighted by Gasteiger charge is 2.32. The number of aliphatic hydroxyl groups excluding tert-OH is 1. The SMILES string of the molecule is CC(C)CN1CCC(Nc2cc(S(=O)(=O)N(CC(C)C)CC(O)C(Cc3ccccc3)NC(=O)O)ccc2N)C1. The summed E-state index contributed by atoms with van der Waals surface area (Å²) in [6, 6.07) is 13.1. The molecule has 1 amide bonds. The first-order valence-corrected chi connectivity index (χ1v) is 15.4. The zero-order valence-electron chi connectivity index (χ0n) is 24.0. The summed E-state index contributed by atoms with van der Waals surface area (Å²) < 4.78 is 29.0. The standard InChI is InChI=1S/C29H45N5O5S/c1-20(2)16-33-13-12-23(18-33)31-26-15-24(10-11-25(26)30)40(38,39)34(17-21(3)4)19-28(35)27(32-29(36)37)14-22-8-6-5-7-9-22/h5-11,15,20-21,23,27-28,31-32,35H,12-14,16-19,30H2,1-4H3,(H,36,37). The number of carboxylic acid groups (broad SMARTS) is 1. The van der Waals surface area contributed by atoms with Crippen molar-refractivity contribution in [1.29, 1.82) is 0 Å². The number of nitrogens with zero attached hydrogens (tertiary/aromatic N) is 2. The number of nitrogens with one attached hydrogen (secondary N) is 2. The minimum atomic E-state index is -4.03. The predicted octanol–water partition coefficient (Wildman–Crippen LogP) is 3.30. The van der Waals surface area contributed by atoms with E-state index in [2.05, 4.69) is 29.4 Å². The number of likely N-dealkylation sites (tertiary alicyclic amines) is 1. The van der Waals surface area contributed by atoms with E-state index in [1.807, 2.05) is 44.2 Å². The zero-order chi connectivity index (χ0) is 29.4. The van der Waals surface area contributed by atoms with Gasteiger partial charge in [-0.2, -0.15) is 4.31 Å². The van der Waals surface area contributed by atoms with Crippen molar-refractivity contribution in [1.82, 2.24) is 14.5 Å². The van der Waals surface area contributed by atoms with Crippen molar-refractivity contribution in [2.45, 2.75) is 63.6 Å². The van der Waals surface area contributed by atoms with E-state index in [1.54, 1.807) is 12.1 Å². The molecule has 3 atom stereocenters. The molecule has 10 nitrogen and oxygen atoms in total. The molecule has 6 N–H and O–H groups in total. The molecule has 1 heterocycles. The van der Waals surface area contributed by atoms with Gasteiger partial charge in [-0.3, -0.25) is 0 Å². The van der Waals surface area contributed by atoms with Crippen LogP contribution in [0.15, 0.2) is 53.4 Å². The van der Waals surface area contributed by atoms with E-state index in [4.69, 9.17) is 5.73 Å². The number of carbonyl (C=O) groups is 1. The van der Waals surface area contributed by atoms with Crippen LogP contribution in [0.5, 0.6) is 0 Å². The number of sulfonamides is 1. The summed E-state index contributed by atoms with van der Waals surface area (Å²) >= 11 is 0. The molecule has 11 heteroatoms. The van der Waals surface area contributed by atoms with Crippen LogP contribution in [0.1, 0.15) is 39.7 Å². The van der Waals surface area contributed by atoms with E-state index in [-0.39, 0.29) is 36.4 Å². The van der Waals surface area contributed by atoms with Gasteiger partial charge >= 0.3 is 6.09 Å². The van der Waals surface area contributed by atoms with Gasteiger partial charge in [0, 0.05) is 38.8 Å². The highest BCUT2D eigenvalue weighted by atomic mass is 32.2. The van der Waals surface area contributed by atoms with Crippen molar-refractivity contribution in [3.8, 4) is 0 Å². The lowest BCUT2D eigenvalue weighted by atomic mass is 10.0. The molecule has 0 saturated carbocycles. The first-order chi connectivity index (χ1) is 18.8. The average molecular weight is 576 g/mol. The van der Waals surface area contributed by atoms with Crippen molar-refractivity contribution < 1.29 is 23.4 Å². The molecule has 1 aliphatic rings. The fourth-order valence-corrected chi connectivity index (χ4v) is 6.79. The first kappa shape index (κ1) is 31.7. The predicted molar refractivity (Wildman–Crippen MR) is 159 cm³/mol. The number of benzene rings is 2. The average Bonchev–Trinajstić information content (AvgIpc) is 3.30. The van der Waals surface area contributed by atoms with E-state index >= 15 is 0 Å². The molecule has 1 aliphatic heterocycles. The Balaban J connectivity index is 1.81. The number of anilines is 2. The number of hydrogen-bond acceptors (Lipinski definition) is 7. The maximum Gasteiger partial charge on any atom is 0.404 e. The number of amides is 1. The Bertz CT molecular complexity index is 1210. The number of nitrogens with two attached hydrogens (primary N) is 1. The number of hydrogen-bond donors (Lipinski definition) is 5. The molecule has 0 aromatic heterocycles. The lowest BCUT2D eigenvalue weighted by molar-refractivity contribution is 0.0980. The molecule has 1 fully saturated rings. The van der Waals surface area contributed by atoms with Crippen LogP contribution in [0.2, 0.25) is 0 Å². The van der Waals surface area contributed by atoms with Crippen LogP contribution in [0, 0.1) is 11.8 Å². The number of rotatable bonds is 14. The molecular weight excluding hydrogens is 530 g/mol. The first-order valence-electron chi connectivity index (χ1n) is 13.9. The summed E-state index contributed by atoms with van der Waals surface area (Å²) in [6.45, 7) is 10.9. The van der Waals surface area contributed by atoms with Crippen LogP contribution in [-0.4, -0.2) is 84.8 Å². The highest BCUT2D eigenvalue weighted by Crippen LogP contribution is 2.28. The van der Waals surface area contributed by atoms with E-state index in [9.17, 15) is 23.4 Å². The quantitative estimate of drug-likeness (QED) is 0.216. The maximum atomic E-state index is 13.9. The van der Waals surface area contributed by atoms with Crippen LogP contribution in [0.4, 0.5) is 16.2 Å². The smallest absolute Gasteiger partial charge is 0.404 e. The minimum Gasteiger partial charge on any atom is -0.465 e. The Morgan fingerprint density at radius 1 is 1.10 bits per heavy atom. The minimum absolute atomic E-state index is 0.0289. The number of aliphatic hydroxyl groups is 1. The molecule has 222 valence electrons. The molecule has 3 rings (SSSR count). The van der Waals surface area contributed by atoms with Crippen LogP contribution < -0.4 is 16.4 Å². The van der Waals surface area contributed by atoms with Crippen LogP contribution >= 0.6 is 0 Å². The summed E-state index contributed by atoms with van der Waals surface area (Å²) in [7, 11) is -4.03. The monoisotopic (exact) mass is 575 g/mol. The molecule has 0 bridgehead atoms. The lowest BCUT2D eigenvalue weighted by Gasteiger charge is -2.30. The summed E-state index contributed by atoms with van der Waals surface area (Å²) in [5.41, 5.74) is 8.09. The van der Waals surface area contributed by atoms with Crippen molar-refractivity contribution >= 4 is 27.5 Å². The third-order valence-electron chi connectivity index (χ3n) is 6.95. The Labute approximate surface area is 238 Å². The fraction of sp³-hybridized carbons (Fsp3) is 0.552. The molecule has 40 heavy (non-hydrogen) atoms. The molecule has 3 unspecified atom stereocenters. The van der Waals surface area contributed by atoms with Gasteiger partial charge in [-0.1, -0.05) is 58.0 Å². The van der Waals surface area contributed by atoms with Gasteiger partial charge in [0.05, 0.1) is 28.4 Å². The Kier molecular flexibility index (Phi) is 11.2. The third kappa shape index (κ3) is 9.09. The summed E-state index contributed by atoms with van der Waals surface area (Å²) in [5, 5.41) is 26.3. The molecular formula is C29H45N5O5S. The Morgan fingerprint density at radius 3 is 2.42 bits per heavy atom. The highest BCUT2D eigenvalue weighted by molar-refractivity contribution is 7.89. The molecule has 0 aliphatic carbocycles. The van der Waals surface area contributed by atoms with Gasteiger partial charge in [-0.25, -0.2) is 13.2 Å². The van der Waals surface area contributed by atoms with Gasteiger partial charge in [0.1, 0.15) is 0 Å². The summed E-state index contributed by atoms with van der Waals surface area (Å²) in [5.74, 6) is 0.538. The van der Waals surface area contributed by atoms with Gasteiger partial charge < -0.3 is 31.5 Å². The van der Waals surface area contributed by atoms with Gasteiger partial charge in [0.25, 0.3) is 0 Å². The maximum absolute atomic E-state index is 13.9. The lowest BCUT2D eigenvalue weighted by Crippen LogP contribution is -2.50. The molecule has 0 radical (unpaired) electrons. The van der Waals surface area contributed by atoms with Crippen LogP contribution in [0.3, 0.4) is 0 Å². The van der Waals surface area contributed by atoms with E-state index < -0.39 is 28.3 Å². The molecule has 2 aromatic rings. The topological polar surface area (TPSA) is 148 Å². The second kappa shape index (κ2) is 14.2. The van der Waals surface area contributed by atoms with Gasteiger partial charge in [0.2, 0.25) is 10.0 Å². The summed E-state index contributed by atoms with van der Waals surface area (Å²) in [6.07, 6.45) is -1.41. The molecule has 2 aromatic carbocycles. The molecule has 1 saturated heterocycles. The van der Waals surface area contributed by atoms with Gasteiger partial charge in [-0.15, -0.1) is 0 Å². The van der Waals surface area contributed by atoms with E-state index in [1.165, 1.54) is 10.4 Å². The normalized spacial score (nSPS) is 17.9. The Hall–Kier alpha value is -2.86. The third-order valence-corrected chi connectivity index (χ3v) is 8.78. The zero-order valence-corrected chi connectivity index (χ0v) is 24.8. The fourth-order valence-electron chi connectivity index (χ4n) is 5.15. The summed E-state index contributed by atoms with van der Waals surface area (Å²) in [4.78, 5) is 14.0. The van der Waals surface area contributed by atoms with E-state index in [0.29, 0.717) is 17.3 Å². The van der Waals surface area contributed by atoms with Crippen LogP contribution in [-0.2, 0) is 16.4 Å². The van der Waals surface area contributed by atoms with Crippen molar-refractivity contribution in [2.24, 2.45) is 11.8 Å². The van der Waals surface area contributed by atoms with Gasteiger partial charge in [0.15, 0.2) is 0 Å². The largest absolute Gasteiger partial charge is 0.465 e. The van der Waals surface area contributed by atoms with Crippen molar-refractivity contribution in [3.05, 3.63) is 54.1 Å². The van der Waals surface area contributed by atoms with Crippen molar-refractivity contribution in [3.63, 3.8) is 0 Å². The number of nitrogen functional groups attached to an aromatic ring is 1. The Morgan fingerprint density at radius 2 is 1.80 bits per heavy atom. The van der Waals surface area contributed by atoms with E-state index in [0.717, 1.165) is 31.6 Å². The second-order valence-corrected chi connectivity index (χ2v) is 13.5. The van der Waals surface area contributed by atoms with Gasteiger partial charge in [-0.05, 0) is 48.4 Å².